The summed E-state index contributed by atoms with van der Waals surface area (Å²) in [5.74, 6) is -0.208. The summed E-state index contributed by atoms with van der Waals surface area (Å²) in [5.41, 5.74) is 2.15. The molecule has 0 amide bonds. The molecule has 1 fully saturated rings. The molecule has 1 aromatic carbocycles. The summed E-state index contributed by atoms with van der Waals surface area (Å²) in [5, 5.41) is 12.7. The van der Waals surface area contributed by atoms with E-state index in [1.807, 2.05) is 19.1 Å². The highest BCUT2D eigenvalue weighted by Gasteiger charge is 2.23. The first-order valence-corrected chi connectivity index (χ1v) is 7.84. The van der Waals surface area contributed by atoms with Gasteiger partial charge in [-0.25, -0.2) is 4.79 Å². The molecule has 1 aliphatic heterocycles. The van der Waals surface area contributed by atoms with E-state index in [1.165, 1.54) is 25.9 Å². The van der Waals surface area contributed by atoms with Crippen LogP contribution in [0.25, 0.3) is 0 Å². The zero-order valence-electron chi connectivity index (χ0n) is 13.2. The number of rotatable bonds is 5. The van der Waals surface area contributed by atoms with Gasteiger partial charge in [-0.15, -0.1) is 0 Å². The van der Waals surface area contributed by atoms with Crippen LogP contribution in [-0.2, 0) is 0 Å². The summed E-state index contributed by atoms with van der Waals surface area (Å²) >= 11 is 0. The van der Waals surface area contributed by atoms with Crippen LogP contribution in [0.5, 0.6) is 0 Å². The Morgan fingerprint density at radius 1 is 1.43 bits per heavy atom. The molecule has 116 valence electrons. The van der Waals surface area contributed by atoms with Crippen LogP contribution in [0.4, 0.5) is 5.69 Å². The van der Waals surface area contributed by atoms with Crippen molar-refractivity contribution < 1.29 is 9.90 Å². The molecule has 2 rings (SSSR count). The molecule has 0 spiro atoms. The van der Waals surface area contributed by atoms with Crippen molar-refractivity contribution in [3.05, 3.63) is 29.3 Å². The van der Waals surface area contributed by atoms with Crippen LogP contribution in [0.1, 0.15) is 42.6 Å². The van der Waals surface area contributed by atoms with E-state index in [1.54, 1.807) is 6.07 Å². The highest BCUT2D eigenvalue weighted by molar-refractivity contribution is 5.91. The van der Waals surface area contributed by atoms with Gasteiger partial charge in [0.05, 0.1) is 5.56 Å². The second kappa shape index (κ2) is 6.94. The summed E-state index contributed by atoms with van der Waals surface area (Å²) in [6.07, 6.45) is 2.42. The normalized spacial score (nSPS) is 18.4. The minimum atomic E-state index is -0.861. The van der Waals surface area contributed by atoms with E-state index in [4.69, 9.17) is 0 Å². The molecule has 2 N–H and O–H groups in total. The lowest BCUT2D eigenvalue weighted by Crippen LogP contribution is -2.39. The highest BCUT2D eigenvalue weighted by Crippen LogP contribution is 2.25. The number of nitrogens with one attached hydrogen (secondary N) is 1. The molecule has 1 aromatic rings. The Labute approximate surface area is 127 Å². The largest absolute Gasteiger partial charge is 0.478 e. The van der Waals surface area contributed by atoms with Crippen molar-refractivity contribution in [3.8, 4) is 0 Å². The summed E-state index contributed by atoms with van der Waals surface area (Å²) in [6.45, 7) is 9.76. The zero-order chi connectivity index (χ0) is 15.4. The third-order valence-corrected chi connectivity index (χ3v) is 4.73. The summed E-state index contributed by atoms with van der Waals surface area (Å²) < 4.78 is 0. The van der Waals surface area contributed by atoms with Crippen LogP contribution in [0.3, 0.4) is 0 Å². The van der Waals surface area contributed by atoms with Crippen LogP contribution in [0.15, 0.2) is 18.2 Å². The Hall–Kier alpha value is -1.55. The quantitative estimate of drug-likeness (QED) is 0.874. The SMILES string of the molecule is CCN1CCC(C(C)Nc2cccc(C(=O)O)c2C)CC1. The van der Waals surface area contributed by atoms with Gasteiger partial charge in [-0.1, -0.05) is 13.0 Å². The fourth-order valence-electron chi connectivity index (χ4n) is 3.16. The number of carboxylic acids is 1. The van der Waals surface area contributed by atoms with Gasteiger partial charge in [0.1, 0.15) is 0 Å². The van der Waals surface area contributed by atoms with Crippen molar-refractivity contribution in [2.45, 2.75) is 39.7 Å². The van der Waals surface area contributed by atoms with Crippen molar-refractivity contribution in [1.29, 1.82) is 0 Å². The first kappa shape index (κ1) is 15.8. The third-order valence-electron chi connectivity index (χ3n) is 4.73. The number of hydrogen-bond acceptors (Lipinski definition) is 3. The van der Waals surface area contributed by atoms with Gasteiger partial charge in [0.2, 0.25) is 0 Å². The van der Waals surface area contributed by atoms with Crippen molar-refractivity contribution in [2.75, 3.05) is 25.0 Å². The molecule has 21 heavy (non-hydrogen) atoms. The molecule has 1 heterocycles. The second-order valence-corrected chi connectivity index (χ2v) is 5.99. The Bertz CT molecular complexity index is 494. The van der Waals surface area contributed by atoms with Gasteiger partial charge in [0, 0.05) is 11.7 Å². The van der Waals surface area contributed by atoms with Crippen LogP contribution in [0.2, 0.25) is 0 Å². The molecule has 1 atom stereocenters. The molecule has 4 nitrogen and oxygen atoms in total. The fourth-order valence-corrected chi connectivity index (χ4v) is 3.16. The van der Waals surface area contributed by atoms with E-state index >= 15 is 0 Å². The fraction of sp³-hybridized carbons (Fsp3) is 0.588. The molecule has 1 aliphatic rings. The topological polar surface area (TPSA) is 52.6 Å². The van der Waals surface area contributed by atoms with Crippen molar-refractivity contribution in [2.24, 2.45) is 5.92 Å². The lowest BCUT2D eigenvalue weighted by molar-refractivity contribution is 0.0696. The predicted octanol–water partition coefficient (Wildman–Crippen LogP) is 3.23. The lowest BCUT2D eigenvalue weighted by atomic mass is 9.90. The number of anilines is 1. The molecule has 0 saturated carbocycles. The Morgan fingerprint density at radius 2 is 2.10 bits per heavy atom. The average molecular weight is 290 g/mol. The van der Waals surface area contributed by atoms with Gasteiger partial charge in [-0.2, -0.15) is 0 Å². The van der Waals surface area contributed by atoms with E-state index in [9.17, 15) is 9.90 Å². The second-order valence-electron chi connectivity index (χ2n) is 5.99. The highest BCUT2D eigenvalue weighted by atomic mass is 16.4. The molecular formula is C17H26N2O2. The number of aromatic carboxylic acids is 1. The van der Waals surface area contributed by atoms with Crippen molar-refractivity contribution in [1.82, 2.24) is 4.90 Å². The summed E-state index contributed by atoms with van der Waals surface area (Å²) in [6, 6.07) is 5.81. The number of likely N-dealkylation sites (tertiary alicyclic amines) is 1. The van der Waals surface area contributed by atoms with Crippen LogP contribution >= 0.6 is 0 Å². The molecular weight excluding hydrogens is 264 g/mol. The predicted molar refractivity (Wildman–Crippen MR) is 86.1 cm³/mol. The first-order chi connectivity index (χ1) is 10.0. The van der Waals surface area contributed by atoms with Gasteiger partial charge in [-0.3, -0.25) is 0 Å². The lowest BCUT2D eigenvalue weighted by Gasteiger charge is -2.35. The Balaban J connectivity index is 2.02. The number of benzene rings is 1. The van der Waals surface area contributed by atoms with Gasteiger partial charge < -0.3 is 15.3 Å². The third kappa shape index (κ3) is 3.76. The Kier molecular flexibility index (Phi) is 5.23. The number of carbonyl (C=O) groups is 1. The number of carboxylic acid groups (broad SMARTS) is 1. The van der Waals surface area contributed by atoms with Crippen LogP contribution in [-0.4, -0.2) is 41.7 Å². The van der Waals surface area contributed by atoms with Crippen molar-refractivity contribution >= 4 is 11.7 Å². The zero-order valence-corrected chi connectivity index (χ0v) is 13.2. The van der Waals surface area contributed by atoms with E-state index in [-0.39, 0.29) is 0 Å². The molecule has 0 radical (unpaired) electrons. The maximum Gasteiger partial charge on any atom is 0.336 e. The van der Waals surface area contributed by atoms with Gasteiger partial charge in [-0.05, 0) is 69.9 Å². The number of piperidine rings is 1. The maximum absolute atomic E-state index is 11.2. The van der Waals surface area contributed by atoms with Gasteiger partial charge in [0.15, 0.2) is 0 Å². The van der Waals surface area contributed by atoms with Crippen LogP contribution in [0, 0.1) is 12.8 Å². The van der Waals surface area contributed by atoms with E-state index < -0.39 is 5.97 Å². The van der Waals surface area contributed by atoms with E-state index in [0.29, 0.717) is 17.5 Å². The minimum Gasteiger partial charge on any atom is -0.478 e. The average Bonchev–Trinajstić information content (AvgIpc) is 2.49. The molecule has 4 heteroatoms. The monoisotopic (exact) mass is 290 g/mol. The standard InChI is InChI=1S/C17H26N2O2/c1-4-19-10-8-14(9-11-19)13(3)18-16-7-5-6-15(12(16)2)17(20)21/h5-7,13-14,18H,4,8-11H2,1-3H3,(H,20,21). The van der Waals surface area contributed by atoms with E-state index in [0.717, 1.165) is 17.8 Å². The Morgan fingerprint density at radius 3 is 2.67 bits per heavy atom. The molecule has 0 bridgehead atoms. The smallest absolute Gasteiger partial charge is 0.336 e. The first-order valence-electron chi connectivity index (χ1n) is 7.84. The summed E-state index contributed by atoms with van der Waals surface area (Å²) in [7, 11) is 0. The summed E-state index contributed by atoms with van der Waals surface area (Å²) in [4.78, 5) is 13.7. The van der Waals surface area contributed by atoms with Gasteiger partial charge >= 0.3 is 5.97 Å². The number of hydrogen-bond donors (Lipinski definition) is 2. The van der Waals surface area contributed by atoms with Crippen molar-refractivity contribution in [3.63, 3.8) is 0 Å². The van der Waals surface area contributed by atoms with Crippen LogP contribution < -0.4 is 5.32 Å². The molecule has 1 saturated heterocycles. The van der Waals surface area contributed by atoms with E-state index in [2.05, 4.69) is 24.1 Å². The maximum atomic E-state index is 11.2. The molecule has 0 aliphatic carbocycles. The molecule has 0 aromatic heterocycles. The number of nitrogens with zero attached hydrogens (tertiary/aromatic N) is 1. The minimum absolute atomic E-state index is 0.367. The van der Waals surface area contributed by atoms with Gasteiger partial charge in [0.25, 0.3) is 0 Å². The molecule has 1 unspecified atom stereocenters.